The number of nitrogens with one attached hydrogen (secondary N) is 1. The molecule has 0 heterocycles. The number of benzene rings is 1. The summed E-state index contributed by atoms with van der Waals surface area (Å²) < 4.78 is 13.8. The van der Waals surface area contributed by atoms with Crippen LogP contribution in [0.3, 0.4) is 0 Å². The Morgan fingerprint density at radius 3 is 2.47 bits per heavy atom. The van der Waals surface area contributed by atoms with Crippen LogP contribution < -0.4 is 10.2 Å². The van der Waals surface area contributed by atoms with Gasteiger partial charge in [0.2, 0.25) is 0 Å². The fourth-order valence-electron chi connectivity index (χ4n) is 2.34. The van der Waals surface area contributed by atoms with Gasteiger partial charge in [0.1, 0.15) is 5.82 Å². The van der Waals surface area contributed by atoms with Gasteiger partial charge in [-0.05, 0) is 57.5 Å². The lowest BCUT2D eigenvalue weighted by molar-refractivity contribution is 0.586. The van der Waals surface area contributed by atoms with Gasteiger partial charge >= 0.3 is 0 Å². The van der Waals surface area contributed by atoms with Crippen molar-refractivity contribution in [2.45, 2.75) is 52.6 Å². The van der Waals surface area contributed by atoms with Crippen molar-refractivity contribution in [1.29, 1.82) is 0 Å². The van der Waals surface area contributed by atoms with E-state index in [0.29, 0.717) is 11.6 Å². The molecule has 1 rings (SSSR count). The molecule has 1 N–H and O–H groups in total. The number of halogens is 1. The van der Waals surface area contributed by atoms with Crippen molar-refractivity contribution in [3.63, 3.8) is 0 Å². The number of anilines is 1. The summed E-state index contributed by atoms with van der Waals surface area (Å²) in [5.74, 6) is -0.127. The fourth-order valence-corrected chi connectivity index (χ4v) is 2.34. The summed E-state index contributed by atoms with van der Waals surface area (Å²) in [6.45, 7) is 8.30. The van der Waals surface area contributed by atoms with E-state index in [4.69, 9.17) is 0 Å². The zero-order chi connectivity index (χ0) is 14.6. The van der Waals surface area contributed by atoms with E-state index in [-0.39, 0.29) is 11.9 Å². The monoisotopic (exact) mass is 266 g/mol. The minimum Gasteiger partial charge on any atom is -0.372 e. The maximum Gasteiger partial charge on any atom is 0.126 e. The molecule has 2 nitrogen and oxygen atoms in total. The molecule has 0 amide bonds. The van der Waals surface area contributed by atoms with Crippen LogP contribution in [0.4, 0.5) is 10.1 Å². The smallest absolute Gasteiger partial charge is 0.126 e. The number of nitrogens with zero attached hydrogens (tertiary/aromatic N) is 1. The quantitative estimate of drug-likeness (QED) is 0.836. The molecule has 0 saturated heterocycles. The van der Waals surface area contributed by atoms with Crippen molar-refractivity contribution in [3.05, 3.63) is 29.1 Å². The van der Waals surface area contributed by atoms with Crippen LogP contribution in [0.25, 0.3) is 0 Å². The molecule has 3 heteroatoms. The van der Waals surface area contributed by atoms with Gasteiger partial charge in [-0.1, -0.05) is 13.3 Å². The van der Waals surface area contributed by atoms with Crippen molar-refractivity contribution in [1.82, 2.24) is 5.32 Å². The Hall–Kier alpha value is -1.09. The van der Waals surface area contributed by atoms with E-state index in [1.807, 2.05) is 20.0 Å². The molecule has 0 bridgehead atoms. The average Bonchev–Trinajstić information content (AvgIpc) is 2.39. The lowest BCUT2D eigenvalue weighted by Crippen LogP contribution is -2.30. The maximum atomic E-state index is 13.8. The molecule has 108 valence electrons. The molecule has 2 atom stereocenters. The molecule has 2 unspecified atom stereocenters. The van der Waals surface area contributed by atoms with Crippen LogP contribution in [0.1, 0.15) is 50.8 Å². The molecule has 0 aromatic heterocycles. The zero-order valence-corrected chi connectivity index (χ0v) is 13.0. The van der Waals surface area contributed by atoms with Crippen molar-refractivity contribution >= 4 is 5.69 Å². The van der Waals surface area contributed by atoms with E-state index in [2.05, 4.69) is 38.0 Å². The van der Waals surface area contributed by atoms with E-state index < -0.39 is 0 Å². The Bertz CT molecular complexity index is 417. The highest BCUT2D eigenvalue weighted by Crippen LogP contribution is 2.30. The molecule has 0 fully saturated rings. The van der Waals surface area contributed by atoms with E-state index >= 15 is 0 Å². The van der Waals surface area contributed by atoms with Crippen LogP contribution in [-0.2, 0) is 0 Å². The minimum atomic E-state index is -0.127. The second kappa shape index (κ2) is 6.90. The molecule has 0 aliphatic heterocycles. The highest BCUT2D eigenvalue weighted by atomic mass is 19.1. The average molecular weight is 266 g/mol. The van der Waals surface area contributed by atoms with Crippen molar-refractivity contribution < 1.29 is 4.39 Å². The first-order chi connectivity index (χ1) is 8.92. The van der Waals surface area contributed by atoms with Gasteiger partial charge in [-0.2, -0.15) is 0 Å². The molecule has 1 aromatic carbocycles. The molecular formula is C16H27FN2. The molecule has 1 aromatic rings. The lowest BCUT2D eigenvalue weighted by atomic mass is 10.0. The van der Waals surface area contributed by atoms with Gasteiger partial charge in [0, 0.05) is 24.8 Å². The van der Waals surface area contributed by atoms with Crippen LogP contribution in [0, 0.1) is 12.7 Å². The van der Waals surface area contributed by atoms with E-state index in [1.54, 1.807) is 6.07 Å². The summed E-state index contributed by atoms with van der Waals surface area (Å²) in [5.41, 5.74) is 2.86. The molecule has 0 radical (unpaired) electrons. The highest BCUT2D eigenvalue weighted by Gasteiger charge is 2.18. The molecule has 19 heavy (non-hydrogen) atoms. The Kier molecular flexibility index (Phi) is 5.80. The predicted molar refractivity (Wildman–Crippen MR) is 81.4 cm³/mol. The summed E-state index contributed by atoms with van der Waals surface area (Å²) in [6.07, 6.45) is 2.29. The second-order valence-electron chi connectivity index (χ2n) is 5.42. The molecular weight excluding hydrogens is 239 g/mol. The number of aryl methyl sites for hydroxylation is 1. The third kappa shape index (κ3) is 3.69. The van der Waals surface area contributed by atoms with Gasteiger partial charge < -0.3 is 10.2 Å². The van der Waals surface area contributed by atoms with Crippen LogP contribution in [0.2, 0.25) is 0 Å². The van der Waals surface area contributed by atoms with E-state index in [9.17, 15) is 4.39 Å². The van der Waals surface area contributed by atoms with Crippen LogP contribution >= 0.6 is 0 Å². The Morgan fingerprint density at radius 2 is 1.95 bits per heavy atom. The topological polar surface area (TPSA) is 15.3 Å². The second-order valence-corrected chi connectivity index (χ2v) is 5.42. The van der Waals surface area contributed by atoms with Crippen LogP contribution in [0.5, 0.6) is 0 Å². The SMILES string of the molecule is CCCC(C)N(C)c1cc(C)c(F)cc1C(C)NC. The summed E-state index contributed by atoms with van der Waals surface area (Å²) in [5, 5.41) is 3.20. The van der Waals surface area contributed by atoms with Crippen LogP contribution in [0.15, 0.2) is 12.1 Å². The number of hydrogen-bond donors (Lipinski definition) is 1. The lowest BCUT2D eigenvalue weighted by Gasteiger charge is -2.31. The standard InChI is InChI=1S/C16H27FN2/c1-7-8-12(3)19(6)16-9-11(2)15(17)10-14(16)13(4)18-5/h9-10,12-13,18H,7-8H2,1-6H3. The largest absolute Gasteiger partial charge is 0.372 e. The first-order valence-corrected chi connectivity index (χ1v) is 7.12. The third-order valence-corrected chi connectivity index (χ3v) is 3.96. The summed E-state index contributed by atoms with van der Waals surface area (Å²) in [4.78, 5) is 2.26. The third-order valence-electron chi connectivity index (χ3n) is 3.96. The van der Waals surface area contributed by atoms with Gasteiger partial charge in [-0.15, -0.1) is 0 Å². The maximum absolute atomic E-state index is 13.8. The van der Waals surface area contributed by atoms with Gasteiger partial charge in [0.25, 0.3) is 0 Å². The summed E-state index contributed by atoms with van der Waals surface area (Å²) in [7, 11) is 4.00. The Balaban J connectivity index is 3.20. The zero-order valence-electron chi connectivity index (χ0n) is 13.0. The van der Waals surface area contributed by atoms with Crippen molar-refractivity contribution in [3.8, 4) is 0 Å². The molecule has 0 saturated carbocycles. The van der Waals surface area contributed by atoms with Crippen molar-refractivity contribution in [2.24, 2.45) is 0 Å². The van der Waals surface area contributed by atoms with Gasteiger partial charge in [-0.3, -0.25) is 0 Å². The Labute approximate surface area is 117 Å². The highest BCUT2D eigenvalue weighted by molar-refractivity contribution is 5.57. The Morgan fingerprint density at radius 1 is 1.32 bits per heavy atom. The first kappa shape index (κ1) is 16.0. The van der Waals surface area contributed by atoms with Crippen molar-refractivity contribution in [2.75, 3.05) is 19.0 Å². The van der Waals surface area contributed by atoms with E-state index in [0.717, 1.165) is 24.1 Å². The number of hydrogen-bond acceptors (Lipinski definition) is 2. The summed E-state index contributed by atoms with van der Waals surface area (Å²) >= 11 is 0. The van der Waals surface area contributed by atoms with Gasteiger partial charge in [-0.25, -0.2) is 4.39 Å². The normalized spacial score (nSPS) is 14.3. The predicted octanol–water partition coefficient (Wildman–Crippen LogP) is 4.04. The molecule has 0 aliphatic rings. The fraction of sp³-hybridized carbons (Fsp3) is 0.625. The summed E-state index contributed by atoms with van der Waals surface area (Å²) in [6, 6.07) is 4.23. The van der Waals surface area contributed by atoms with Crippen LogP contribution in [-0.4, -0.2) is 20.1 Å². The first-order valence-electron chi connectivity index (χ1n) is 7.12. The molecule has 0 aliphatic carbocycles. The van der Waals surface area contributed by atoms with Gasteiger partial charge in [0.05, 0.1) is 0 Å². The van der Waals surface area contributed by atoms with Gasteiger partial charge in [0.15, 0.2) is 0 Å². The minimum absolute atomic E-state index is 0.127. The molecule has 0 spiro atoms. The number of rotatable bonds is 6. The van der Waals surface area contributed by atoms with E-state index in [1.165, 1.54) is 0 Å².